The highest BCUT2D eigenvalue weighted by Gasteiger charge is 2.00. The summed E-state index contributed by atoms with van der Waals surface area (Å²) in [7, 11) is 0. The molecule has 3 heteroatoms. The first-order valence-electron chi connectivity index (χ1n) is 7.52. The first kappa shape index (κ1) is 14.9. The number of rotatable bonds is 6. The van der Waals surface area contributed by atoms with Crippen LogP contribution < -0.4 is 10.1 Å². The van der Waals surface area contributed by atoms with Gasteiger partial charge in [0, 0.05) is 11.9 Å². The zero-order valence-electron chi connectivity index (χ0n) is 12.7. The third kappa shape index (κ3) is 4.45. The molecule has 0 aromatic heterocycles. The van der Waals surface area contributed by atoms with E-state index in [-0.39, 0.29) is 0 Å². The second kappa shape index (κ2) is 7.80. The Labute approximate surface area is 136 Å². The van der Waals surface area contributed by atoms with Crippen molar-refractivity contribution in [2.45, 2.75) is 0 Å². The number of nitrogens with zero attached hydrogens (tertiary/aromatic N) is 1. The number of hydrogen-bond donors (Lipinski definition) is 1. The fraction of sp³-hybridized carbons (Fsp3) is 0.0500. The van der Waals surface area contributed by atoms with Gasteiger partial charge in [-0.2, -0.15) is 0 Å². The van der Waals surface area contributed by atoms with E-state index in [1.807, 2.05) is 91.1 Å². The van der Waals surface area contributed by atoms with Gasteiger partial charge < -0.3 is 10.1 Å². The molecule has 3 nitrogen and oxygen atoms in total. The van der Waals surface area contributed by atoms with Gasteiger partial charge in [-0.25, -0.2) is 0 Å². The highest BCUT2D eigenvalue weighted by Crippen LogP contribution is 2.26. The van der Waals surface area contributed by atoms with Gasteiger partial charge in [-0.15, -0.1) is 0 Å². The van der Waals surface area contributed by atoms with Crippen molar-refractivity contribution < 1.29 is 4.74 Å². The van der Waals surface area contributed by atoms with Gasteiger partial charge in [0.05, 0.1) is 0 Å². The van der Waals surface area contributed by atoms with Crippen LogP contribution in [-0.4, -0.2) is 12.9 Å². The minimum Gasteiger partial charge on any atom is -0.471 e. The average Bonchev–Trinajstić information content (AvgIpc) is 2.63. The molecule has 3 aromatic rings. The van der Waals surface area contributed by atoms with Gasteiger partial charge in [0.1, 0.15) is 11.4 Å². The Balaban J connectivity index is 1.65. The number of nitrogens with one attached hydrogen (secondary N) is 1. The van der Waals surface area contributed by atoms with Crippen LogP contribution in [0.5, 0.6) is 5.75 Å². The lowest BCUT2D eigenvalue weighted by molar-refractivity contribution is 0.348. The molecule has 0 radical (unpaired) electrons. The van der Waals surface area contributed by atoms with Gasteiger partial charge in [0.25, 0.3) is 0 Å². The van der Waals surface area contributed by atoms with E-state index in [1.54, 1.807) is 0 Å². The van der Waals surface area contributed by atoms with Crippen molar-refractivity contribution in [1.29, 1.82) is 0 Å². The second-order valence-electron chi connectivity index (χ2n) is 4.97. The van der Waals surface area contributed by atoms with E-state index >= 15 is 0 Å². The standard InChI is InChI=1S/C20H18N2O/c1-3-9-17(10-4-1)15-21-19-13-7-8-14-20(19)23-16-22-18-11-5-2-6-12-18/h1-15,22H,16H2. The topological polar surface area (TPSA) is 33.6 Å². The molecule has 0 aliphatic carbocycles. The lowest BCUT2D eigenvalue weighted by Gasteiger charge is -2.10. The molecule has 0 unspecified atom stereocenters. The molecule has 0 saturated heterocycles. The van der Waals surface area contributed by atoms with Crippen molar-refractivity contribution in [3.05, 3.63) is 90.5 Å². The van der Waals surface area contributed by atoms with Crippen LogP contribution in [0.1, 0.15) is 5.56 Å². The van der Waals surface area contributed by atoms with Crippen molar-refractivity contribution in [3.63, 3.8) is 0 Å². The van der Waals surface area contributed by atoms with E-state index in [4.69, 9.17) is 4.74 Å². The van der Waals surface area contributed by atoms with E-state index in [0.29, 0.717) is 6.73 Å². The minimum atomic E-state index is 0.391. The number of aliphatic imine (C=N–C) groups is 1. The zero-order valence-corrected chi connectivity index (χ0v) is 12.7. The van der Waals surface area contributed by atoms with Gasteiger partial charge in [-0.3, -0.25) is 4.99 Å². The minimum absolute atomic E-state index is 0.391. The van der Waals surface area contributed by atoms with Crippen LogP contribution in [0.2, 0.25) is 0 Å². The van der Waals surface area contributed by atoms with Crippen molar-refractivity contribution in [2.75, 3.05) is 12.0 Å². The van der Waals surface area contributed by atoms with Crippen molar-refractivity contribution >= 4 is 17.6 Å². The van der Waals surface area contributed by atoms with Gasteiger partial charge in [0.15, 0.2) is 6.73 Å². The Morgan fingerprint density at radius 2 is 1.43 bits per heavy atom. The number of benzene rings is 3. The van der Waals surface area contributed by atoms with Gasteiger partial charge in [0.2, 0.25) is 0 Å². The molecule has 1 N–H and O–H groups in total. The number of para-hydroxylation sites is 3. The molecule has 3 rings (SSSR count). The van der Waals surface area contributed by atoms with Crippen LogP contribution in [0.4, 0.5) is 11.4 Å². The third-order valence-electron chi connectivity index (χ3n) is 3.30. The Morgan fingerprint density at radius 3 is 2.22 bits per heavy atom. The van der Waals surface area contributed by atoms with Gasteiger partial charge in [-0.1, -0.05) is 60.7 Å². The molecule has 0 aliphatic rings. The molecule has 0 spiro atoms. The molecule has 0 saturated carbocycles. The molecule has 0 atom stereocenters. The fourth-order valence-corrected chi connectivity index (χ4v) is 2.12. The second-order valence-corrected chi connectivity index (χ2v) is 4.97. The summed E-state index contributed by atoms with van der Waals surface area (Å²) in [6.45, 7) is 0.391. The third-order valence-corrected chi connectivity index (χ3v) is 3.30. The van der Waals surface area contributed by atoms with Crippen LogP contribution in [0, 0.1) is 0 Å². The Morgan fingerprint density at radius 1 is 0.783 bits per heavy atom. The van der Waals surface area contributed by atoms with Crippen molar-refractivity contribution in [2.24, 2.45) is 4.99 Å². The highest BCUT2D eigenvalue weighted by molar-refractivity contribution is 5.82. The van der Waals surface area contributed by atoms with Crippen molar-refractivity contribution in [1.82, 2.24) is 0 Å². The summed E-state index contributed by atoms with van der Waals surface area (Å²) >= 11 is 0. The predicted octanol–water partition coefficient (Wildman–Crippen LogP) is 4.89. The molecule has 0 heterocycles. The van der Waals surface area contributed by atoms with Crippen LogP contribution in [0.15, 0.2) is 89.9 Å². The summed E-state index contributed by atoms with van der Waals surface area (Å²) in [5.41, 5.74) is 2.90. The molecular weight excluding hydrogens is 284 g/mol. The van der Waals surface area contributed by atoms with E-state index in [9.17, 15) is 0 Å². The summed E-state index contributed by atoms with van der Waals surface area (Å²) in [6.07, 6.45) is 1.84. The van der Waals surface area contributed by atoms with Gasteiger partial charge >= 0.3 is 0 Å². The zero-order chi connectivity index (χ0) is 15.7. The summed E-state index contributed by atoms with van der Waals surface area (Å²) < 4.78 is 5.80. The summed E-state index contributed by atoms with van der Waals surface area (Å²) in [5, 5.41) is 3.22. The lowest BCUT2D eigenvalue weighted by Crippen LogP contribution is -2.08. The molecule has 0 aliphatic heterocycles. The number of anilines is 1. The monoisotopic (exact) mass is 302 g/mol. The molecule has 23 heavy (non-hydrogen) atoms. The normalized spacial score (nSPS) is 10.6. The number of ether oxygens (including phenoxy) is 1. The van der Waals surface area contributed by atoms with E-state index in [2.05, 4.69) is 10.3 Å². The first-order valence-corrected chi connectivity index (χ1v) is 7.52. The highest BCUT2D eigenvalue weighted by atomic mass is 16.5. The van der Waals surface area contributed by atoms with E-state index < -0.39 is 0 Å². The van der Waals surface area contributed by atoms with E-state index in [0.717, 1.165) is 22.7 Å². The maximum absolute atomic E-state index is 5.80. The summed E-state index contributed by atoms with van der Waals surface area (Å²) in [6, 6.07) is 27.7. The maximum atomic E-state index is 5.80. The summed E-state index contributed by atoms with van der Waals surface area (Å²) in [5.74, 6) is 0.753. The van der Waals surface area contributed by atoms with Crippen LogP contribution in [0.3, 0.4) is 0 Å². The predicted molar refractivity (Wildman–Crippen MR) is 95.7 cm³/mol. The van der Waals surface area contributed by atoms with Gasteiger partial charge in [-0.05, 0) is 29.8 Å². The number of hydrogen-bond acceptors (Lipinski definition) is 3. The molecule has 0 bridgehead atoms. The summed E-state index contributed by atoms with van der Waals surface area (Å²) in [4.78, 5) is 4.52. The van der Waals surface area contributed by atoms with Crippen LogP contribution >= 0.6 is 0 Å². The quantitative estimate of drug-likeness (QED) is 0.520. The maximum Gasteiger partial charge on any atom is 0.159 e. The molecular formula is C20H18N2O. The van der Waals surface area contributed by atoms with Crippen LogP contribution in [0.25, 0.3) is 0 Å². The first-order chi connectivity index (χ1) is 11.4. The largest absolute Gasteiger partial charge is 0.471 e. The Kier molecular flexibility index (Phi) is 5.04. The Bertz CT molecular complexity index is 755. The average molecular weight is 302 g/mol. The van der Waals surface area contributed by atoms with Crippen LogP contribution in [-0.2, 0) is 0 Å². The fourth-order valence-electron chi connectivity index (χ4n) is 2.12. The lowest BCUT2D eigenvalue weighted by atomic mass is 10.2. The van der Waals surface area contributed by atoms with Crippen molar-refractivity contribution in [3.8, 4) is 5.75 Å². The molecule has 0 fully saturated rings. The molecule has 0 amide bonds. The smallest absolute Gasteiger partial charge is 0.159 e. The Hall–Kier alpha value is -3.07. The molecule has 114 valence electrons. The molecule has 3 aromatic carbocycles. The van der Waals surface area contributed by atoms with E-state index in [1.165, 1.54) is 0 Å². The SMILES string of the molecule is C(=Nc1ccccc1OCNc1ccccc1)c1ccccc1.